The molecule has 0 saturated carbocycles. The fraction of sp³-hybridized carbons (Fsp3) is 0.118. The number of aldehydes is 1. The molecule has 112 valence electrons. The van der Waals surface area contributed by atoms with Crippen LogP contribution in [0.1, 0.15) is 11.1 Å². The lowest BCUT2D eigenvalue weighted by molar-refractivity contribution is -0.137. The second-order valence-corrected chi connectivity index (χ2v) is 4.92. The molecule has 0 atom stereocenters. The number of fused-ring (bicyclic) bond motifs is 1. The second-order valence-electron chi connectivity index (χ2n) is 4.92. The Bertz CT molecular complexity index is 761. The molecule has 3 rings (SSSR count). The van der Waals surface area contributed by atoms with Gasteiger partial charge in [-0.1, -0.05) is 30.3 Å². The molecule has 0 amide bonds. The predicted molar refractivity (Wildman–Crippen MR) is 76.4 cm³/mol. The van der Waals surface area contributed by atoms with Gasteiger partial charge in [0.25, 0.3) is 0 Å². The monoisotopic (exact) mass is 304 g/mol. The molecule has 1 aliphatic heterocycles. The summed E-state index contributed by atoms with van der Waals surface area (Å²) in [5.74, 6) is 0.472. The van der Waals surface area contributed by atoms with Crippen molar-refractivity contribution in [2.24, 2.45) is 0 Å². The highest BCUT2D eigenvalue weighted by atomic mass is 19.4. The highest BCUT2D eigenvalue weighted by Gasteiger charge is 2.33. The highest BCUT2D eigenvalue weighted by Crippen LogP contribution is 2.39. The van der Waals surface area contributed by atoms with E-state index in [0.717, 1.165) is 6.07 Å². The van der Waals surface area contributed by atoms with Crippen molar-refractivity contribution in [1.82, 2.24) is 0 Å². The van der Waals surface area contributed by atoms with Crippen molar-refractivity contribution < 1.29 is 22.7 Å². The van der Waals surface area contributed by atoms with Gasteiger partial charge in [0.15, 0.2) is 0 Å². The first kappa shape index (κ1) is 14.4. The second kappa shape index (κ2) is 5.33. The molecule has 0 spiro atoms. The number of carbonyl (C=O) groups excluding carboxylic acids is 1. The van der Waals surface area contributed by atoms with Crippen LogP contribution in [0.15, 0.2) is 48.0 Å². The molecule has 0 bridgehead atoms. The van der Waals surface area contributed by atoms with Gasteiger partial charge in [-0.15, -0.1) is 0 Å². The van der Waals surface area contributed by atoms with E-state index < -0.39 is 11.7 Å². The van der Waals surface area contributed by atoms with E-state index in [1.807, 2.05) is 0 Å². The van der Waals surface area contributed by atoms with E-state index in [9.17, 15) is 18.0 Å². The number of halogens is 3. The summed E-state index contributed by atoms with van der Waals surface area (Å²) in [6.07, 6.45) is -2.04. The molecule has 2 aromatic carbocycles. The molecule has 22 heavy (non-hydrogen) atoms. The largest absolute Gasteiger partial charge is 0.488 e. The first-order chi connectivity index (χ1) is 10.5. The van der Waals surface area contributed by atoms with Crippen LogP contribution in [0.3, 0.4) is 0 Å². The van der Waals surface area contributed by atoms with E-state index in [0.29, 0.717) is 28.7 Å². The van der Waals surface area contributed by atoms with Crippen molar-refractivity contribution in [2.75, 3.05) is 6.61 Å². The van der Waals surface area contributed by atoms with Crippen LogP contribution in [-0.4, -0.2) is 12.9 Å². The van der Waals surface area contributed by atoms with Crippen molar-refractivity contribution in [3.8, 4) is 16.9 Å². The van der Waals surface area contributed by atoms with E-state index in [1.54, 1.807) is 30.3 Å². The average molecular weight is 304 g/mol. The summed E-state index contributed by atoms with van der Waals surface area (Å²) in [5, 5.41) is 0. The molecule has 2 nitrogen and oxygen atoms in total. The molecule has 1 heterocycles. The van der Waals surface area contributed by atoms with Crippen LogP contribution in [-0.2, 0) is 11.0 Å². The number of ether oxygens (including phenoxy) is 1. The van der Waals surface area contributed by atoms with Crippen LogP contribution in [0.2, 0.25) is 0 Å². The third-order valence-electron chi connectivity index (χ3n) is 3.44. The van der Waals surface area contributed by atoms with Crippen LogP contribution in [0.4, 0.5) is 13.2 Å². The van der Waals surface area contributed by atoms with Crippen LogP contribution < -0.4 is 4.74 Å². The van der Waals surface area contributed by atoms with Crippen molar-refractivity contribution >= 4 is 12.4 Å². The maximum absolute atomic E-state index is 13.1. The number of alkyl halides is 3. The number of carbonyl (C=O) groups is 1. The zero-order chi connectivity index (χ0) is 15.7. The summed E-state index contributed by atoms with van der Waals surface area (Å²) < 4.78 is 44.7. The zero-order valence-electron chi connectivity index (χ0n) is 11.4. The van der Waals surface area contributed by atoms with Gasteiger partial charge in [0, 0.05) is 11.1 Å². The zero-order valence-corrected chi connectivity index (χ0v) is 11.4. The number of hydrogen-bond acceptors (Lipinski definition) is 2. The molecule has 2 aromatic rings. The molecular formula is C17H11F3O2. The van der Waals surface area contributed by atoms with Crippen molar-refractivity contribution in [2.45, 2.75) is 6.18 Å². The van der Waals surface area contributed by atoms with Crippen LogP contribution in [0.5, 0.6) is 5.75 Å². The van der Waals surface area contributed by atoms with E-state index in [1.165, 1.54) is 12.1 Å². The molecule has 0 fully saturated rings. The van der Waals surface area contributed by atoms with Gasteiger partial charge in [-0.25, -0.2) is 0 Å². The molecule has 0 aromatic heterocycles. The molecular weight excluding hydrogens is 293 g/mol. The Balaban J connectivity index is 2.09. The van der Waals surface area contributed by atoms with Gasteiger partial charge in [0.1, 0.15) is 18.6 Å². The lowest BCUT2D eigenvalue weighted by Crippen LogP contribution is -2.09. The molecule has 5 heteroatoms. The summed E-state index contributed by atoms with van der Waals surface area (Å²) in [6.45, 7) is 0.126. The minimum absolute atomic E-state index is 0.103. The van der Waals surface area contributed by atoms with Crippen molar-refractivity contribution in [3.05, 3.63) is 59.2 Å². The molecule has 0 N–H and O–H groups in total. The summed E-state index contributed by atoms with van der Waals surface area (Å²) in [6, 6.07) is 10.2. The standard InChI is InChI=1S/C17H11F3O2/c18-17(19,20)15-4-2-1-3-14(15)12-5-6-13-7-11(9-21)10-22-16(13)8-12/h1-9H,10H2. The number of benzene rings is 2. The normalized spacial score (nSPS) is 13.9. The van der Waals surface area contributed by atoms with Gasteiger partial charge in [-0.3, -0.25) is 4.79 Å². The Morgan fingerprint density at radius 2 is 1.86 bits per heavy atom. The van der Waals surface area contributed by atoms with Gasteiger partial charge >= 0.3 is 6.18 Å². The lowest BCUT2D eigenvalue weighted by atomic mass is 9.97. The number of rotatable bonds is 2. The van der Waals surface area contributed by atoms with Gasteiger partial charge in [0.2, 0.25) is 0 Å². The minimum atomic E-state index is -4.42. The Labute approximate surface area is 124 Å². The summed E-state index contributed by atoms with van der Waals surface area (Å²) in [7, 11) is 0. The van der Waals surface area contributed by atoms with E-state index >= 15 is 0 Å². The van der Waals surface area contributed by atoms with E-state index in [-0.39, 0.29) is 12.2 Å². The van der Waals surface area contributed by atoms with Gasteiger partial charge in [-0.2, -0.15) is 13.2 Å². The van der Waals surface area contributed by atoms with Crippen LogP contribution >= 0.6 is 0 Å². The molecule has 0 aliphatic carbocycles. The molecule has 0 saturated heterocycles. The number of hydrogen-bond donors (Lipinski definition) is 0. The van der Waals surface area contributed by atoms with Gasteiger partial charge < -0.3 is 4.74 Å². The maximum atomic E-state index is 13.1. The summed E-state index contributed by atoms with van der Waals surface area (Å²) in [5.41, 5.74) is 1.02. The Morgan fingerprint density at radius 1 is 1.09 bits per heavy atom. The molecule has 0 unspecified atom stereocenters. The quantitative estimate of drug-likeness (QED) is 0.771. The van der Waals surface area contributed by atoms with Crippen LogP contribution in [0.25, 0.3) is 17.2 Å². The lowest BCUT2D eigenvalue weighted by Gasteiger charge is -2.18. The third-order valence-corrected chi connectivity index (χ3v) is 3.44. The van der Waals surface area contributed by atoms with Gasteiger partial charge in [0.05, 0.1) is 5.56 Å². The van der Waals surface area contributed by atoms with Crippen molar-refractivity contribution in [3.63, 3.8) is 0 Å². The minimum Gasteiger partial charge on any atom is -0.488 e. The first-order valence-electron chi connectivity index (χ1n) is 6.58. The van der Waals surface area contributed by atoms with Gasteiger partial charge in [-0.05, 0) is 29.3 Å². The van der Waals surface area contributed by atoms with E-state index in [2.05, 4.69) is 0 Å². The maximum Gasteiger partial charge on any atom is 0.417 e. The van der Waals surface area contributed by atoms with Crippen molar-refractivity contribution in [1.29, 1.82) is 0 Å². The summed E-state index contributed by atoms with van der Waals surface area (Å²) in [4.78, 5) is 10.7. The molecule has 0 radical (unpaired) electrons. The third kappa shape index (κ3) is 2.62. The fourth-order valence-electron chi connectivity index (χ4n) is 2.40. The van der Waals surface area contributed by atoms with Crippen LogP contribution in [0, 0.1) is 0 Å². The highest BCUT2D eigenvalue weighted by molar-refractivity contribution is 5.85. The Hall–Kier alpha value is -2.56. The average Bonchev–Trinajstić information content (AvgIpc) is 2.53. The SMILES string of the molecule is O=CC1=Cc2ccc(-c3ccccc3C(F)(F)F)cc2OC1. The Kier molecular flexibility index (Phi) is 3.48. The summed E-state index contributed by atoms with van der Waals surface area (Å²) >= 11 is 0. The smallest absolute Gasteiger partial charge is 0.417 e. The topological polar surface area (TPSA) is 26.3 Å². The Morgan fingerprint density at radius 3 is 2.59 bits per heavy atom. The first-order valence-corrected chi connectivity index (χ1v) is 6.58. The van der Waals surface area contributed by atoms with E-state index in [4.69, 9.17) is 4.74 Å². The fourth-order valence-corrected chi connectivity index (χ4v) is 2.40. The predicted octanol–water partition coefficient (Wildman–Crippen LogP) is 4.35. The molecule has 1 aliphatic rings.